The molecule has 0 saturated carbocycles. The molecule has 2 rings (SSSR count). The van der Waals surface area contributed by atoms with E-state index in [2.05, 4.69) is 74.2 Å². The minimum Gasteiger partial charge on any atom is -0.120 e. The van der Waals surface area contributed by atoms with Crippen molar-refractivity contribution in [3.05, 3.63) is 59.7 Å². The van der Waals surface area contributed by atoms with E-state index < -0.39 is 0 Å². The summed E-state index contributed by atoms with van der Waals surface area (Å²) in [6.07, 6.45) is 12.5. The van der Waals surface area contributed by atoms with E-state index in [1.54, 1.807) is 0 Å². The van der Waals surface area contributed by atoms with Crippen LogP contribution in [0, 0.1) is 38.5 Å². The maximum absolute atomic E-state index is 4.95. The summed E-state index contributed by atoms with van der Waals surface area (Å²) >= 11 is 0. The predicted octanol–water partition coefficient (Wildman–Crippen LogP) is 5.39. The van der Waals surface area contributed by atoms with Crippen LogP contribution in [0.15, 0.2) is 48.5 Å². The molecule has 0 bridgehead atoms. The van der Waals surface area contributed by atoms with E-state index in [1.807, 2.05) is 0 Å². The van der Waals surface area contributed by atoms with Crippen LogP contribution in [0.2, 0.25) is 0 Å². The average molecular weight is 274 g/mol. The van der Waals surface area contributed by atoms with Crippen LogP contribution in [0.1, 0.15) is 30.4 Å². The van der Waals surface area contributed by atoms with Crippen LogP contribution in [-0.2, 0) is 0 Å². The highest BCUT2D eigenvalue weighted by molar-refractivity contribution is 5.63. The summed E-state index contributed by atoms with van der Waals surface area (Å²) in [5, 5.41) is 0. The number of unbranched alkanes of at least 4 members (excludes halogenated alkanes) is 2. The molecule has 0 heteroatoms. The lowest BCUT2D eigenvalue weighted by Gasteiger charge is -2.02. The molecule has 0 heterocycles. The summed E-state index contributed by atoms with van der Waals surface area (Å²) < 4.78 is 0. The Bertz CT molecular complexity index is 544. The van der Waals surface area contributed by atoms with E-state index in [1.165, 1.54) is 22.3 Å². The number of benzene rings is 2. The van der Waals surface area contributed by atoms with Crippen molar-refractivity contribution in [1.29, 1.82) is 0 Å². The van der Waals surface area contributed by atoms with E-state index in [9.17, 15) is 0 Å². The maximum atomic E-state index is 4.95. The molecule has 0 atom stereocenters. The lowest BCUT2D eigenvalue weighted by Crippen LogP contribution is -1.78. The molecule has 2 aromatic carbocycles. The van der Waals surface area contributed by atoms with E-state index in [0.717, 1.165) is 19.3 Å². The smallest absolute Gasteiger partial charge is 0.00951 e. The fourth-order valence-electron chi connectivity index (χ4n) is 1.78. The molecule has 0 amide bonds. The summed E-state index contributed by atoms with van der Waals surface area (Å²) in [6, 6.07) is 17.3. The van der Waals surface area contributed by atoms with Crippen molar-refractivity contribution in [2.24, 2.45) is 0 Å². The molecule has 0 aliphatic carbocycles. The molecule has 21 heavy (non-hydrogen) atoms. The van der Waals surface area contributed by atoms with Gasteiger partial charge in [0.15, 0.2) is 0 Å². The zero-order chi connectivity index (χ0) is 15.5. The van der Waals surface area contributed by atoms with Gasteiger partial charge in [-0.2, -0.15) is 0 Å². The molecule has 0 N–H and O–H groups in total. The van der Waals surface area contributed by atoms with Crippen molar-refractivity contribution >= 4 is 0 Å². The van der Waals surface area contributed by atoms with Crippen LogP contribution >= 0.6 is 0 Å². The van der Waals surface area contributed by atoms with Crippen LogP contribution in [0.3, 0.4) is 0 Å². The van der Waals surface area contributed by atoms with Crippen molar-refractivity contribution in [2.75, 3.05) is 0 Å². The fraction of sp³-hybridized carbons (Fsp3) is 0.238. The van der Waals surface area contributed by atoms with Crippen LogP contribution in [0.5, 0.6) is 0 Å². The molecule has 0 aliphatic heterocycles. The number of hydrogen-bond acceptors (Lipinski definition) is 0. The van der Waals surface area contributed by atoms with Gasteiger partial charge in [0.2, 0.25) is 0 Å². The van der Waals surface area contributed by atoms with Crippen molar-refractivity contribution in [2.45, 2.75) is 33.1 Å². The normalized spacial score (nSPS) is 8.95. The molecule has 0 spiro atoms. The number of rotatable bonds is 3. The van der Waals surface area contributed by atoms with E-state index >= 15 is 0 Å². The first-order valence-corrected chi connectivity index (χ1v) is 7.18. The van der Waals surface area contributed by atoms with Gasteiger partial charge in [0.05, 0.1) is 0 Å². The van der Waals surface area contributed by atoms with E-state index in [0.29, 0.717) is 0 Å². The summed E-state index contributed by atoms with van der Waals surface area (Å²) in [6.45, 7) is 4.22. The lowest BCUT2D eigenvalue weighted by atomic mass is 10.0. The Balaban J connectivity index is 0.000000270. The summed E-state index contributed by atoms with van der Waals surface area (Å²) in [7, 11) is 0. The van der Waals surface area contributed by atoms with Crippen molar-refractivity contribution in [3.63, 3.8) is 0 Å². The molecular formula is C21H22. The Morgan fingerprint density at radius 1 is 0.667 bits per heavy atom. The summed E-state index contributed by atoms with van der Waals surface area (Å²) in [5.41, 5.74) is 5.19. The van der Waals surface area contributed by atoms with Gasteiger partial charge < -0.3 is 0 Å². The molecule has 0 fully saturated rings. The van der Waals surface area contributed by atoms with Gasteiger partial charge in [0, 0.05) is 12.8 Å². The minimum atomic E-state index is 0.810. The Morgan fingerprint density at radius 2 is 1.00 bits per heavy atom. The van der Waals surface area contributed by atoms with Crippen molar-refractivity contribution < 1.29 is 0 Å². The van der Waals surface area contributed by atoms with Crippen LogP contribution in [0.25, 0.3) is 11.1 Å². The Kier molecular flexibility index (Phi) is 7.49. The fourth-order valence-corrected chi connectivity index (χ4v) is 1.78. The predicted molar refractivity (Wildman–Crippen MR) is 92.9 cm³/mol. The monoisotopic (exact) mass is 274 g/mol. The first kappa shape index (κ1) is 16.6. The Hall–Kier alpha value is -2.44. The van der Waals surface area contributed by atoms with Crippen molar-refractivity contribution in [3.8, 4) is 35.8 Å². The van der Waals surface area contributed by atoms with Gasteiger partial charge in [-0.25, -0.2) is 0 Å². The molecule has 0 radical (unpaired) electrons. The number of terminal acetylenes is 2. The van der Waals surface area contributed by atoms with Gasteiger partial charge >= 0.3 is 0 Å². The zero-order valence-electron chi connectivity index (χ0n) is 12.9. The van der Waals surface area contributed by atoms with Crippen LogP contribution < -0.4 is 0 Å². The van der Waals surface area contributed by atoms with Gasteiger partial charge in [-0.15, -0.1) is 24.7 Å². The zero-order valence-corrected chi connectivity index (χ0v) is 12.9. The Labute approximate surface area is 129 Å². The second kappa shape index (κ2) is 9.46. The van der Waals surface area contributed by atoms with Gasteiger partial charge in [-0.1, -0.05) is 59.7 Å². The van der Waals surface area contributed by atoms with Gasteiger partial charge in [0.25, 0.3) is 0 Å². The molecule has 0 aliphatic rings. The summed E-state index contributed by atoms with van der Waals surface area (Å²) in [4.78, 5) is 0. The Morgan fingerprint density at radius 3 is 1.29 bits per heavy atom. The number of aryl methyl sites for hydroxylation is 2. The van der Waals surface area contributed by atoms with Crippen LogP contribution in [-0.4, -0.2) is 0 Å². The topological polar surface area (TPSA) is 0 Å². The van der Waals surface area contributed by atoms with Crippen LogP contribution in [0.4, 0.5) is 0 Å². The molecule has 0 nitrogen and oxygen atoms in total. The summed E-state index contributed by atoms with van der Waals surface area (Å²) in [5.74, 6) is 5.01. The van der Waals surface area contributed by atoms with E-state index in [-0.39, 0.29) is 0 Å². The molecule has 2 aromatic rings. The number of hydrogen-bond donors (Lipinski definition) is 0. The quantitative estimate of drug-likeness (QED) is 0.519. The first-order chi connectivity index (χ1) is 10.2. The SMILES string of the molecule is C#CCCCC#C.Cc1ccc(-c2ccc(C)cc2)cc1. The highest BCUT2D eigenvalue weighted by Crippen LogP contribution is 2.19. The first-order valence-electron chi connectivity index (χ1n) is 7.18. The largest absolute Gasteiger partial charge is 0.120 e. The van der Waals surface area contributed by atoms with Gasteiger partial charge in [-0.3, -0.25) is 0 Å². The van der Waals surface area contributed by atoms with Crippen molar-refractivity contribution in [1.82, 2.24) is 0 Å². The molecular weight excluding hydrogens is 252 g/mol. The third-order valence-electron chi connectivity index (χ3n) is 3.08. The highest BCUT2D eigenvalue weighted by Gasteiger charge is 1.95. The van der Waals surface area contributed by atoms with E-state index in [4.69, 9.17) is 12.8 Å². The molecule has 0 unspecified atom stereocenters. The lowest BCUT2D eigenvalue weighted by molar-refractivity contribution is 0.905. The maximum Gasteiger partial charge on any atom is 0.00951 e. The second-order valence-corrected chi connectivity index (χ2v) is 4.99. The molecule has 0 saturated heterocycles. The van der Waals surface area contributed by atoms with Gasteiger partial charge in [-0.05, 0) is 31.4 Å². The third kappa shape index (κ3) is 6.51. The van der Waals surface area contributed by atoms with Gasteiger partial charge in [0.1, 0.15) is 0 Å². The molecule has 106 valence electrons. The second-order valence-electron chi connectivity index (χ2n) is 4.99. The standard InChI is InChI=1S/C14H14.C7H8/c1-11-3-7-13(8-4-11)14-9-5-12(2)6-10-14;1-3-5-7-6-4-2/h3-10H,1-2H3;1-2H,5-7H2. The minimum absolute atomic E-state index is 0.810. The molecule has 0 aromatic heterocycles. The average Bonchev–Trinajstić information content (AvgIpc) is 2.50. The third-order valence-corrected chi connectivity index (χ3v) is 3.08. The highest BCUT2D eigenvalue weighted by atomic mass is 14.0.